The predicted octanol–water partition coefficient (Wildman–Crippen LogP) is 4.17. The lowest BCUT2D eigenvalue weighted by atomic mass is 10.2. The molecular formula is C19H22ClNO3S. The second-order valence-corrected chi connectivity index (χ2v) is 7.00. The maximum absolute atomic E-state index is 12.0. The number of methoxy groups -OCH3 is 1. The van der Waals surface area contributed by atoms with Crippen molar-refractivity contribution in [1.29, 1.82) is 0 Å². The Morgan fingerprint density at radius 2 is 1.92 bits per heavy atom. The minimum absolute atomic E-state index is 0.00198. The molecule has 0 saturated carbocycles. The first kappa shape index (κ1) is 19.5. The Balaban J connectivity index is 1.65. The average Bonchev–Trinajstić information content (AvgIpc) is 2.60. The highest BCUT2D eigenvalue weighted by molar-refractivity contribution is 7.99. The second kappa shape index (κ2) is 10.2. The molecule has 2 rings (SSSR count). The van der Waals surface area contributed by atoms with E-state index >= 15 is 0 Å². The molecule has 0 radical (unpaired) electrons. The number of benzene rings is 2. The lowest BCUT2D eigenvalue weighted by molar-refractivity contribution is -0.119. The van der Waals surface area contributed by atoms with E-state index in [2.05, 4.69) is 5.32 Å². The molecule has 1 N–H and O–H groups in total. The molecule has 0 heterocycles. The molecule has 25 heavy (non-hydrogen) atoms. The van der Waals surface area contributed by atoms with Gasteiger partial charge in [0.25, 0.3) is 0 Å². The largest absolute Gasteiger partial charge is 0.497 e. The summed E-state index contributed by atoms with van der Waals surface area (Å²) in [5.74, 6) is 2.69. The molecule has 0 aliphatic rings. The van der Waals surface area contributed by atoms with Gasteiger partial charge < -0.3 is 14.8 Å². The molecule has 0 bridgehead atoms. The first-order valence-electron chi connectivity index (χ1n) is 7.95. The van der Waals surface area contributed by atoms with Crippen LogP contribution < -0.4 is 14.8 Å². The average molecular weight is 380 g/mol. The van der Waals surface area contributed by atoms with Crippen molar-refractivity contribution >= 4 is 29.3 Å². The molecule has 0 spiro atoms. The molecule has 0 aromatic heterocycles. The summed E-state index contributed by atoms with van der Waals surface area (Å²) in [6, 6.07) is 15.0. The molecule has 0 unspecified atom stereocenters. The van der Waals surface area contributed by atoms with E-state index in [-0.39, 0.29) is 11.9 Å². The van der Waals surface area contributed by atoms with Crippen LogP contribution in [0.2, 0.25) is 5.02 Å². The van der Waals surface area contributed by atoms with Gasteiger partial charge in [0.2, 0.25) is 5.91 Å². The second-order valence-electron chi connectivity index (χ2n) is 5.58. The van der Waals surface area contributed by atoms with Gasteiger partial charge in [-0.1, -0.05) is 23.7 Å². The van der Waals surface area contributed by atoms with Crippen LogP contribution in [0.25, 0.3) is 0 Å². The topological polar surface area (TPSA) is 47.6 Å². The molecule has 6 heteroatoms. The zero-order valence-electron chi connectivity index (χ0n) is 14.3. The molecule has 2 aromatic carbocycles. The third kappa shape index (κ3) is 7.28. The van der Waals surface area contributed by atoms with Gasteiger partial charge in [-0.05, 0) is 48.9 Å². The van der Waals surface area contributed by atoms with E-state index in [1.54, 1.807) is 18.9 Å². The van der Waals surface area contributed by atoms with E-state index in [4.69, 9.17) is 21.1 Å². The van der Waals surface area contributed by atoms with Crippen LogP contribution >= 0.6 is 23.4 Å². The minimum atomic E-state index is -0.0682. The van der Waals surface area contributed by atoms with Gasteiger partial charge in [0.15, 0.2) is 0 Å². The molecule has 0 aliphatic carbocycles. The molecule has 0 fully saturated rings. The van der Waals surface area contributed by atoms with Crippen molar-refractivity contribution in [2.45, 2.75) is 18.7 Å². The molecule has 0 aliphatic heterocycles. The van der Waals surface area contributed by atoms with Gasteiger partial charge >= 0.3 is 0 Å². The maximum Gasteiger partial charge on any atom is 0.230 e. The molecule has 0 saturated heterocycles. The number of ether oxygens (including phenoxy) is 2. The summed E-state index contributed by atoms with van der Waals surface area (Å²) in [7, 11) is 1.62. The number of halogens is 1. The molecule has 2 aromatic rings. The van der Waals surface area contributed by atoms with Gasteiger partial charge in [0.05, 0.1) is 18.9 Å². The Labute approximate surface area is 157 Å². The molecular weight excluding hydrogens is 358 g/mol. The summed E-state index contributed by atoms with van der Waals surface area (Å²) in [6.45, 7) is 2.33. The van der Waals surface area contributed by atoms with Crippen molar-refractivity contribution < 1.29 is 14.3 Å². The smallest absolute Gasteiger partial charge is 0.230 e. The van der Waals surface area contributed by atoms with E-state index in [0.717, 1.165) is 22.8 Å². The fraction of sp³-hybridized carbons (Fsp3) is 0.316. The number of carbonyl (C=O) groups is 1. The standard InChI is InChI=1S/C19H22ClNO3S/c1-14(11-24-18-8-6-17(23-2)7-9-18)21-19(22)13-25-12-15-4-3-5-16(20)10-15/h3-10,14H,11-13H2,1-2H3,(H,21,22)/t14-/m0/s1. The lowest BCUT2D eigenvalue weighted by Gasteiger charge is -2.15. The van der Waals surface area contributed by atoms with Gasteiger partial charge in [0, 0.05) is 10.8 Å². The van der Waals surface area contributed by atoms with Crippen LogP contribution in [0.5, 0.6) is 11.5 Å². The Hall–Kier alpha value is -1.85. The van der Waals surface area contributed by atoms with Crippen LogP contribution in [-0.4, -0.2) is 31.4 Å². The number of thioether (sulfide) groups is 1. The molecule has 1 atom stereocenters. The lowest BCUT2D eigenvalue weighted by Crippen LogP contribution is -2.37. The van der Waals surface area contributed by atoms with E-state index in [9.17, 15) is 4.79 Å². The fourth-order valence-electron chi connectivity index (χ4n) is 2.14. The third-order valence-electron chi connectivity index (χ3n) is 3.36. The van der Waals surface area contributed by atoms with Crippen molar-refractivity contribution in [3.05, 3.63) is 59.1 Å². The highest BCUT2D eigenvalue weighted by Crippen LogP contribution is 2.18. The summed E-state index contributed by atoms with van der Waals surface area (Å²) < 4.78 is 10.8. The Morgan fingerprint density at radius 1 is 1.20 bits per heavy atom. The van der Waals surface area contributed by atoms with Crippen LogP contribution in [0.3, 0.4) is 0 Å². The highest BCUT2D eigenvalue weighted by Gasteiger charge is 2.08. The molecule has 134 valence electrons. The Bertz CT molecular complexity index is 679. The zero-order valence-corrected chi connectivity index (χ0v) is 15.9. The van der Waals surface area contributed by atoms with Crippen LogP contribution in [0.15, 0.2) is 48.5 Å². The number of amides is 1. The number of hydrogen-bond donors (Lipinski definition) is 1. The molecule has 4 nitrogen and oxygen atoms in total. The van der Waals surface area contributed by atoms with Crippen molar-refractivity contribution in [2.75, 3.05) is 19.5 Å². The quantitative estimate of drug-likeness (QED) is 0.710. The van der Waals surface area contributed by atoms with E-state index in [1.165, 1.54) is 0 Å². The van der Waals surface area contributed by atoms with Gasteiger partial charge in [-0.2, -0.15) is 0 Å². The van der Waals surface area contributed by atoms with Crippen LogP contribution in [0.4, 0.5) is 0 Å². The van der Waals surface area contributed by atoms with Crippen molar-refractivity contribution in [1.82, 2.24) is 5.32 Å². The number of nitrogens with one attached hydrogen (secondary N) is 1. The summed E-state index contributed by atoms with van der Waals surface area (Å²) in [6.07, 6.45) is 0. The SMILES string of the molecule is COc1ccc(OC[C@H](C)NC(=O)CSCc2cccc(Cl)c2)cc1. The normalized spacial score (nSPS) is 11.6. The number of carbonyl (C=O) groups excluding carboxylic acids is 1. The summed E-state index contributed by atoms with van der Waals surface area (Å²) >= 11 is 7.51. The van der Waals surface area contributed by atoms with Crippen molar-refractivity contribution in [3.8, 4) is 11.5 Å². The van der Waals surface area contributed by atoms with Gasteiger partial charge in [-0.25, -0.2) is 0 Å². The molecule has 1 amide bonds. The van der Waals surface area contributed by atoms with Gasteiger partial charge in [-0.15, -0.1) is 11.8 Å². The Morgan fingerprint density at radius 3 is 2.60 bits per heavy atom. The summed E-state index contributed by atoms with van der Waals surface area (Å²) in [5.41, 5.74) is 1.11. The fourth-order valence-corrected chi connectivity index (χ4v) is 3.14. The zero-order chi connectivity index (χ0) is 18.1. The van der Waals surface area contributed by atoms with E-state index in [0.29, 0.717) is 17.4 Å². The van der Waals surface area contributed by atoms with Crippen molar-refractivity contribution in [3.63, 3.8) is 0 Å². The third-order valence-corrected chi connectivity index (χ3v) is 4.60. The highest BCUT2D eigenvalue weighted by atomic mass is 35.5. The van der Waals surface area contributed by atoms with Crippen LogP contribution in [0, 0.1) is 0 Å². The number of rotatable bonds is 9. The van der Waals surface area contributed by atoms with Gasteiger partial charge in [-0.3, -0.25) is 4.79 Å². The first-order valence-corrected chi connectivity index (χ1v) is 9.48. The minimum Gasteiger partial charge on any atom is -0.497 e. The first-order chi connectivity index (χ1) is 12.1. The van der Waals surface area contributed by atoms with Crippen LogP contribution in [-0.2, 0) is 10.5 Å². The van der Waals surface area contributed by atoms with E-state index in [1.807, 2.05) is 55.5 Å². The Kier molecular flexibility index (Phi) is 7.95. The monoisotopic (exact) mass is 379 g/mol. The predicted molar refractivity (Wildman–Crippen MR) is 104 cm³/mol. The maximum atomic E-state index is 12.0. The number of hydrogen-bond acceptors (Lipinski definition) is 4. The van der Waals surface area contributed by atoms with Crippen molar-refractivity contribution in [2.24, 2.45) is 0 Å². The van der Waals surface area contributed by atoms with Gasteiger partial charge in [0.1, 0.15) is 18.1 Å². The summed E-state index contributed by atoms with van der Waals surface area (Å²) in [4.78, 5) is 12.0. The summed E-state index contributed by atoms with van der Waals surface area (Å²) in [5, 5.41) is 3.65. The van der Waals surface area contributed by atoms with E-state index < -0.39 is 0 Å². The van der Waals surface area contributed by atoms with Crippen LogP contribution in [0.1, 0.15) is 12.5 Å².